The average molecular weight is 271 g/mol. The first-order valence-electron chi connectivity index (χ1n) is 6.66. The van der Waals surface area contributed by atoms with Crippen LogP contribution < -0.4 is 0 Å². The van der Waals surface area contributed by atoms with Crippen LogP contribution in [0.1, 0.15) is 48.0 Å². The Morgan fingerprint density at radius 1 is 1.00 bits per heavy atom. The number of hydrogen-bond acceptors (Lipinski definition) is 4. The smallest absolute Gasteiger partial charge is 0.410 e. The lowest BCUT2D eigenvalue weighted by Gasteiger charge is -2.39. The van der Waals surface area contributed by atoms with E-state index in [1.54, 1.807) is 4.90 Å². The summed E-state index contributed by atoms with van der Waals surface area (Å²) in [5.74, 6) is -0.0243. The largest absolute Gasteiger partial charge is 0.460 e. The van der Waals surface area contributed by atoms with Gasteiger partial charge in [-0.2, -0.15) is 0 Å². The molecule has 5 heteroatoms. The predicted molar refractivity (Wildman–Crippen MR) is 71.8 cm³/mol. The first-order chi connectivity index (χ1) is 8.46. The molecular formula is C14H25NO4. The third-order valence-corrected chi connectivity index (χ3v) is 2.48. The molecule has 0 unspecified atom stereocenters. The van der Waals surface area contributed by atoms with Crippen molar-refractivity contribution in [2.24, 2.45) is 5.92 Å². The molecule has 1 rings (SSSR count). The number of likely N-dealkylation sites (tertiary alicyclic amines) is 1. The molecule has 1 aliphatic rings. The first kappa shape index (κ1) is 15.8. The zero-order valence-electron chi connectivity index (χ0n) is 12.8. The van der Waals surface area contributed by atoms with Crippen LogP contribution in [0.2, 0.25) is 0 Å². The number of carbonyl (C=O) groups is 2. The van der Waals surface area contributed by atoms with Gasteiger partial charge in [0.25, 0.3) is 0 Å². The van der Waals surface area contributed by atoms with Crippen LogP contribution in [-0.4, -0.2) is 41.3 Å². The van der Waals surface area contributed by atoms with Crippen LogP contribution in [0.4, 0.5) is 4.79 Å². The van der Waals surface area contributed by atoms with Gasteiger partial charge >= 0.3 is 12.1 Å². The predicted octanol–water partition coefficient (Wildman–Crippen LogP) is 2.59. The van der Waals surface area contributed by atoms with E-state index in [1.165, 1.54) is 0 Å². The second kappa shape index (κ2) is 5.39. The molecule has 110 valence electrons. The van der Waals surface area contributed by atoms with Crippen LogP contribution in [0.5, 0.6) is 0 Å². The summed E-state index contributed by atoms with van der Waals surface area (Å²) < 4.78 is 10.5. The highest BCUT2D eigenvalue weighted by molar-refractivity contribution is 5.72. The van der Waals surface area contributed by atoms with E-state index < -0.39 is 11.2 Å². The van der Waals surface area contributed by atoms with Crippen LogP contribution >= 0.6 is 0 Å². The number of carbonyl (C=O) groups excluding carboxylic acids is 2. The summed E-state index contributed by atoms with van der Waals surface area (Å²) in [6.07, 6.45) is 0.0456. The highest BCUT2D eigenvalue weighted by atomic mass is 16.6. The average Bonchev–Trinajstić information content (AvgIpc) is 2.03. The fourth-order valence-corrected chi connectivity index (χ4v) is 1.79. The molecule has 1 aliphatic heterocycles. The van der Waals surface area contributed by atoms with E-state index in [4.69, 9.17) is 9.47 Å². The Kier molecular flexibility index (Phi) is 4.48. The molecule has 0 saturated carbocycles. The quantitative estimate of drug-likeness (QED) is 0.724. The van der Waals surface area contributed by atoms with Gasteiger partial charge in [0.1, 0.15) is 11.2 Å². The number of rotatable bonds is 2. The zero-order chi connectivity index (χ0) is 14.8. The van der Waals surface area contributed by atoms with Crippen molar-refractivity contribution in [3.05, 3.63) is 0 Å². The highest BCUT2D eigenvalue weighted by Crippen LogP contribution is 2.23. The second-order valence-corrected chi connectivity index (χ2v) is 7.04. The molecule has 0 aromatic carbocycles. The van der Waals surface area contributed by atoms with Crippen molar-refractivity contribution < 1.29 is 19.1 Å². The maximum absolute atomic E-state index is 11.7. The lowest BCUT2D eigenvalue weighted by molar-refractivity contribution is -0.157. The van der Waals surface area contributed by atoms with E-state index in [0.29, 0.717) is 19.5 Å². The monoisotopic (exact) mass is 271 g/mol. The van der Waals surface area contributed by atoms with Crippen molar-refractivity contribution in [3.63, 3.8) is 0 Å². The molecule has 1 amide bonds. The van der Waals surface area contributed by atoms with Crippen molar-refractivity contribution in [3.8, 4) is 0 Å². The normalized spacial score (nSPS) is 16.8. The van der Waals surface area contributed by atoms with Crippen molar-refractivity contribution in [2.45, 2.75) is 59.2 Å². The summed E-state index contributed by atoms with van der Waals surface area (Å²) >= 11 is 0. The fraction of sp³-hybridized carbons (Fsp3) is 0.857. The van der Waals surface area contributed by atoms with Crippen molar-refractivity contribution in [1.29, 1.82) is 0 Å². The Morgan fingerprint density at radius 2 is 1.47 bits per heavy atom. The molecule has 19 heavy (non-hydrogen) atoms. The molecule has 1 fully saturated rings. The van der Waals surface area contributed by atoms with Crippen molar-refractivity contribution >= 4 is 12.1 Å². The van der Waals surface area contributed by atoms with Gasteiger partial charge in [-0.05, 0) is 41.5 Å². The molecule has 0 N–H and O–H groups in total. The molecule has 0 radical (unpaired) electrons. The second-order valence-electron chi connectivity index (χ2n) is 7.04. The van der Waals surface area contributed by atoms with Gasteiger partial charge in [-0.1, -0.05) is 0 Å². The Labute approximate surface area is 115 Å². The minimum absolute atomic E-state index is 0.183. The summed E-state index contributed by atoms with van der Waals surface area (Å²) in [6.45, 7) is 12.2. The molecule has 1 saturated heterocycles. The summed E-state index contributed by atoms with van der Waals surface area (Å²) in [5.41, 5.74) is -0.932. The molecular weight excluding hydrogens is 246 g/mol. The van der Waals surface area contributed by atoms with E-state index in [0.717, 1.165) is 0 Å². The summed E-state index contributed by atoms with van der Waals surface area (Å²) in [6, 6.07) is 0. The summed E-state index contributed by atoms with van der Waals surface area (Å²) in [4.78, 5) is 24.9. The fourth-order valence-electron chi connectivity index (χ4n) is 1.79. The van der Waals surface area contributed by atoms with Gasteiger partial charge in [-0.3, -0.25) is 4.79 Å². The number of hydrogen-bond donors (Lipinski definition) is 0. The number of esters is 1. The van der Waals surface area contributed by atoms with Crippen molar-refractivity contribution in [1.82, 2.24) is 4.90 Å². The molecule has 0 bridgehead atoms. The van der Waals surface area contributed by atoms with Gasteiger partial charge < -0.3 is 14.4 Å². The van der Waals surface area contributed by atoms with Gasteiger partial charge in [-0.15, -0.1) is 0 Å². The van der Waals surface area contributed by atoms with E-state index in [9.17, 15) is 9.59 Å². The standard InChI is InChI=1S/C14H25NO4/c1-13(2,3)18-11(16)7-10-8-15(9-10)12(17)19-14(4,5)6/h10H,7-9H2,1-6H3. The van der Waals surface area contributed by atoms with E-state index in [2.05, 4.69) is 0 Å². The summed E-state index contributed by atoms with van der Waals surface area (Å²) in [7, 11) is 0. The number of amides is 1. The third-order valence-electron chi connectivity index (χ3n) is 2.48. The Balaban J connectivity index is 2.27. The van der Waals surface area contributed by atoms with Crippen molar-refractivity contribution in [2.75, 3.05) is 13.1 Å². The first-order valence-corrected chi connectivity index (χ1v) is 6.66. The summed E-state index contributed by atoms with van der Waals surface area (Å²) in [5, 5.41) is 0. The molecule has 0 aromatic rings. The number of nitrogens with zero attached hydrogens (tertiary/aromatic N) is 1. The maximum atomic E-state index is 11.7. The zero-order valence-corrected chi connectivity index (χ0v) is 12.8. The van der Waals surface area contributed by atoms with Gasteiger partial charge in [0.2, 0.25) is 0 Å². The minimum atomic E-state index is -0.479. The molecule has 0 spiro atoms. The third kappa shape index (κ3) is 5.94. The molecule has 1 heterocycles. The SMILES string of the molecule is CC(C)(C)OC(=O)CC1CN(C(=O)OC(C)(C)C)C1. The van der Waals surface area contributed by atoms with E-state index in [-0.39, 0.29) is 18.0 Å². The maximum Gasteiger partial charge on any atom is 0.410 e. The Morgan fingerprint density at radius 3 is 1.89 bits per heavy atom. The Hall–Kier alpha value is -1.26. The molecule has 5 nitrogen and oxygen atoms in total. The van der Waals surface area contributed by atoms with Gasteiger partial charge in [0, 0.05) is 19.0 Å². The van der Waals surface area contributed by atoms with Crippen LogP contribution in [0.3, 0.4) is 0 Å². The van der Waals surface area contributed by atoms with Crippen LogP contribution in [0.25, 0.3) is 0 Å². The molecule has 0 aromatic heterocycles. The van der Waals surface area contributed by atoms with E-state index >= 15 is 0 Å². The highest BCUT2D eigenvalue weighted by Gasteiger charge is 2.35. The van der Waals surface area contributed by atoms with Crippen LogP contribution in [-0.2, 0) is 14.3 Å². The van der Waals surface area contributed by atoms with Gasteiger partial charge in [0.05, 0.1) is 6.42 Å². The van der Waals surface area contributed by atoms with Crippen LogP contribution in [0, 0.1) is 5.92 Å². The minimum Gasteiger partial charge on any atom is -0.460 e. The number of ether oxygens (including phenoxy) is 2. The van der Waals surface area contributed by atoms with E-state index in [1.807, 2.05) is 41.5 Å². The lowest BCUT2D eigenvalue weighted by Crippen LogP contribution is -2.52. The van der Waals surface area contributed by atoms with Crippen LogP contribution in [0.15, 0.2) is 0 Å². The lowest BCUT2D eigenvalue weighted by atomic mass is 9.97. The Bertz CT molecular complexity index is 345. The molecule has 0 aliphatic carbocycles. The van der Waals surface area contributed by atoms with Gasteiger partial charge in [-0.25, -0.2) is 4.79 Å². The molecule has 0 atom stereocenters. The van der Waals surface area contributed by atoms with Gasteiger partial charge in [0.15, 0.2) is 0 Å². The topological polar surface area (TPSA) is 55.8 Å².